The molecule has 0 fully saturated rings. The van der Waals surface area contributed by atoms with Crippen LogP contribution in [0.4, 0.5) is 0 Å². The van der Waals surface area contributed by atoms with Crippen molar-refractivity contribution in [1.29, 1.82) is 0 Å². The van der Waals surface area contributed by atoms with Crippen molar-refractivity contribution in [2.45, 2.75) is 12.8 Å². The number of hydrogen-bond donors (Lipinski definition) is 0. The Morgan fingerprint density at radius 2 is 1.67 bits per heavy atom. The molecule has 5 nitrogen and oxygen atoms in total. The Labute approximate surface area is 122 Å². The average molecular weight is 288 g/mol. The first-order valence-corrected chi connectivity index (χ1v) is 6.40. The molecule has 1 atom stereocenters. The maximum Gasteiger partial charge on any atom is 0.374 e. The summed E-state index contributed by atoms with van der Waals surface area (Å²) in [6.07, 6.45) is 1.77. The summed E-state index contributed by atoms with van der Waals surface area (Å²) in [5.41, 5.74) is 1.00. The Morgan fingerprint density at radius 1 is 1.05 bits per heavy atom. The molecule has 0 aromatic heterocycles. The summed E-state index contributed by atoms with van der Waals surface area (Å²) < 4.78 is 14.9. The van der Waals surface area contributed by atoms with Gasteiger partial charge in [0.25, 0.3) is 0 Å². The topological polar surface area (TPSA) is 61.8 Å². The standard InChI is InChI=1S/C16H16O5/c1-10-9-12(11-7-5-4-6-8-11)13(15(17)19-2)14(21-10)16(18)20-3/h4-9,12H,1-3H3. The van der Waals surface area contributed by atoms with Gasteiger partial charge in [-0.05, 0) is 18.6 Å². The van der Waals surface area contributed by atoms with Gasteiger partial charge in [-0.1, -0.05) is 30.3 Å². The molecule has 2 rings (SSSR count). The van der Waals surface area contributed by atoms with E-state index in [1.165, 1.54) is 14.2 Å². The lowest BCUT2D eigenvalue weighted by Gasteiger charge is -2.24. The number of rotatable bonds is 3. The van der Waals surface area contributed by atoms with E-state index in [1.807, 2.05) is 30.3 Å². The molecule has 21 heavy (non-hydrogen) atoms. The van der Waals surface area contributed by atoms with E-state index >= 15 is 0 Å². The van der Waals surface area contributed by atoms with Crippen molar-refractivity contribution in [3.63, 3.8) is 0 Å². The van der Waals surface area contributed by atoms with Gasteiger partial charge in [0.15, 0.2) is 0 Å². The quantitative estimate of drug-likeness (QED) is 0.799. The van der Waals surface area contributed by atoms with Crippen molar-refractivity contribution in [1.82, 2.24) is 0 Å². The van der Waals surface area contributed by atoms with E-state index in [1.54, 1.807) is 13.0 Å². The van der Waals surface area contributed by atoms with Crippen molar-refractivity contribution >= 4 is 11.9 Å². The first-order valence-electron chi connectivity index (χ1n) is 6.40. The summed E-state index contributed by atoms with van der Waals surface area (Å²) >= 11 is 0. The fourth-order valence-corrected chi connectivity index (χ4v) is 2.21. The smallest absolute Gasteiger partial charge is 0.374 e. The first kappa shape index (κ1) is 14.8. The third kappa shape index (κ3) is 2.97. The van der Waals surface area contributed by atoms with E-state index in [-0.39, 0.29) is 11.3 Å². The van der Waals surface area contributed by atoms with Crippen LogP contribution in [-0.2, 0) is 23.8 Å². The maximum absolute atomic E-state index is 12.1. The number of methoxy groups -OCH3 is 2. The highest BCUT2D eigenvalue weighted by Gasteiger charge is 2.34. The molecule has 1 aliphatic rings. The third-order valence-corrected chi connectivity index (χ3v) is 3.15. The molecule has 0 saturated heterocycles. The second kappa shape index (κ2) is 6.26. The van der Waals surface area contributed by atoms with Crippen LogP contribution >= 0.6 is 0 Å². The lowest BCUT2D eigenvalue weighted by molar-refractivity contribution is -0.142. The molecule has 110 valence electrons. The second-order valence-corrected chi connectivity index (χ2v) is 4.49. The Hall–Kier alpha value is -2.56. The predicted molar refractivity (Wildman–Crippen MR) is 75.1 cm³/mol. The van der Waals surface area contributed by atoms with Gasteiger partial charge in [0.2, 0.25) is 5.76 Å². The molecule has 0 amide bonds. The summed E-state index contributed by atoms with van der Waals surface area (Å²) in [6.45, 7) is 1.72. The summed E-state index contributed by atoms with van der Waals surface area (Å²) in [4.78, 5) is 24.0. The highest BCUT2D eigenvalue weighted by atomic mass is 16.6. The second-order valence-electron chi connectivity index (χ2n) is 4.49. The number of ether oxygens (including phenoxy) is 3. The van der Waals surface area contributed by atoms with Gasteiger partial charge in [0.05, 0.1) is 25.6 Å². The van der Waals surface area contributed by atoms with Gasteiger partial charge < -0.3 is 14.2 Å². The number of benzene rings is 1. The van der Waals surface area contributed by atoms with Crippen LogP contribution in [0.25, 0.3) is 0 Å². The molecule has 1 aromatic carbocycles. The number of allylic oxidation sites excluding steroid dienone is 2. The average Bonchev–Trinajstić information content (AvgIpc) is 2.53. The van der Waals surface area contributed by atoms with Crippen LogP contribution in [0.3, 0.4) is 0 Å². The summed E-state index contributed by atoms with van der Waals surface area (Å²) in [7, 11) is 2.50. The van der Waals surface area contributed by atoms with Gasteiger partial charge in [-0.3, -0.25) is 0 Å². The largest absolute Gasteiger partial charge is 0.466 e. The highest BCUT2D eigenvalue weighted by molar-refractivity contribution is 6.01. The van der Waals surface area contributed by atoms with E-state index in [0.717, 1.165) is 5.56 Å². The van der Waals surface area contributed by atoms with Gasteiger partial charge in [-0.25, -0.2) is 9.59 Å². The predicted octanol–water partition coefficient (Wildman–Crippen LogP) is 2.30. The van der Waals surface area contributed by atoms with Gasteiger partial charge in [-0.2, -0.15) is 0 Å². The van der Waals surface area contributed by atoms with Crippen molar-refractivity contribution in [3.05, 3.63) is 59.1 Å². The molecule has 0 aliphatic carbocycles. The van der Waals surface area contributed by atoms with Crippen LogP contribution in [-0.4, -0.2) is 26.2 Å². The van der Waals surface area contributed by atoms with Crippen LogP contribution in [0.2, 0.25) is 0 Å². The molecule has 0 saturated carbocycles. The number of esters is 2. The van der Waals surface area contributed by atoms with Gasteiger partial charge in [0, 0.05) is 5.92 Å². The van der Waals surface area contributed by atoms with Crippen LogP contribution < -0.4 is 0 Å². The monoisotopic (exact) mass is 288 g/mol. The molecule has 0 N–H and O–H groups in total. The van der Waals surface area contributed by atoms with E-state index < -0.39 is 17.9 Å². The van der Waals surface area contributed by atoms with E-state index in [9.17, 15) is 9.59 Å². The van der Waals surface area contributed by atoms with E-state index in [4.69, 9.17) is 14.2 Å². The molecule has 1 aliphatic heterocycles. The normalized spacial score (nSPS) is 17.7. The molecule has 0 spiro atoms. The van der Waals surface area contributed by atoms with Gasteiger partial charge in [0.1, 0.15) is 0 Å². The van der Waals surface area contributed by atoms with Gasteiger partial charge in [-0.15, -0.1) is 0 Å². The van der Waals surface area contributed by atoms with Crippen LogP contribution in [0.15, 0.2) is 53.5 Å². The van der Waals surface area contributed by atoms with Crippen LogP contribution in [0.1, 0.15) is 18.4 Å². The van der Waals surface area contributed by atoms with Crippen molar-refractivity contribution in [3.8, 4) is 0 Å². The van der Waals surface area contributed by atoms with Crippen LogP contribution in [0.5, 0.6) is 0 Å². The minimum absolute atomic E-state index is 0.127. The molecule has 1 aromatic rings. The molecule has 0 bridgehead atoms. The third-order valence-electron chi connectivity index (χ3n) is 3.15. The van der Waals surface area contributed by atoms with Crippen molar-refractivity contribution in [2.75, 3.05) is 14.2 Å². The molecule has 0 radical (unpaired) electrons. The number of hydrogen-bond acceptors (Lipinski definition) is 5. The zero-order valence-electron chi connectivity index (χ0n) is 12.1. The van der Waals surface area contributed by atoms with E-state index in [0.29, 0.717) is 5.76 Å². The first-order chi connectivity index (χ1) is 10.1. The molecular weight excluding hydrogens is 272 g/mol. The Balaban J connectivity index is 2.59. The number of carbonyl (C=O) groups excluding carboxylic acids is 2. The maximum atomic E-state index is 12.1. The zero-order chi connectivity index (χ0) is 15.4. The minimum Gasteiger partial charge on any atom is -0.466 e. The molecule has 1 unspecified atom stereocenters. The Bertz CT molecular complexity index is 613. The summed E-state index contributed by atoms with van der Waals surface area (Å²) in [6, 6.07) is 9.35. The SMILES string of the molecule is COC(=O)C1=C(C(=O)OC)C(c2ccccc2)C=C(C)O1. The summed E-state index contributed by atoms with van der Waals surface area (Å²) in [5, 5.41) is 0. The summed E-state index contributed by atoms with van der Waals surface area (Å²) in [5.74, 6) is -1.34. The fraction of sp³-hybridized carbons (Fsp3) is 0.250. The lowest BCUT2D eigenvalue weighted by Crippen LogP contribution is -2.23. The molecule has 1 heterocycles. The lowest BCUT2D eigenvalue weighted by atomic mass is 9.88. The fourth-order valence-electron chi connectivity index (χ4n) is 2.21. The van der Waals surface area contributed by atoms with Crippen molar-refractivity contribution in [2.24, 2.45) is 0 Å². The van der Waals surface area contributed by atoms with E-state index in [2.05, 4.69) is 0 Å². The minimum atomic E-state index is -0.705. The Morgan fingerprint density at radius 3 is 2.24 bits per heavy atom. The Kier molecular flexibility index (Phi) is 4.42. The molecule has 5 heteroatoms. The van der Waals surface area contributed by atoms with Gasteiger partial charge >= 0.3 is 11.9 Å². The van der Waals surface area contributed by atoms with Crippen molar-refractivity contribution < 1.29 is 23.8 Å². The zero-order valence-corrected chi connectivity index (χ0v) is 12.1. The number of carbonyl (C=O) groups is 2. The van der Waals surface area contributed by atoms with Crippen LogP contribution in [0, 0.1) is 0 Å². The highest BCUT2D eigenvalue weighted by Crippen LogP contribution is 2.35. The molecular formula is C16H16O5.